The molecule has 0 aliphatic carbocycles. The third-order valence-corrected chi connectivity index (χ3v) is 1.91. The summed E-state index contributed by atoms with van der Waals surface area (Å²) in [5.74, 6) is 0.318. The minimum absolute atomic E-state index is 0.453. The van der Waals surface area contributed by atoms with Crippen LogP contribution in [0.4, 0.5) is 33.7 Å². The highest BCUT2D eigenvalue weighted by atomic mass is 19.4. The van der Waals surface area contributed by atoms with Crippen LogP contribution in [0.3, 0.4) is 0 Å². The number of hydrogen-bond acceptors (Lipinski definition) is 6. The number of rotatable bonds is 5. The lowest BCUT2D eigenvalue weighted by Crippen LogP contribution is -2.31. The molecule has 11 heteroatoms. The normalized spacial score (nSPS) is 12.4. The number of nitrogens with one attached hydrogen (secondary N) is 2. The van der Waals surface area contributed by atoms with E-state index in [-0.39, 0.29) is 0 Å². The summed E-state index contributed by atoms with van der Waals surface area (Å²) in [5, 5.41) is 10.3. The van der Waals surface area contributed by atoms with Crippen molar-refractivity contribution in [3.63, 3.8) is 0 Å². The summed E-state index contributed by atoms with van der Waals surface area (Å²) in [5.41, 5.74) is 0.450. The first-order valence-electron chi connectivity index (χ1n) is 4.83. The highest BCUT2D eigenvalue weighted by Gasteiger charge is 2.34. The first-order chi connectivity index (χ1) is 8.68. The van der Waals surface area contributed by atoms with Gasteiger partial charge in [-0.05, 0) is 0 Å². The lowest BCUT2D eigenvalue weighted by atomic mass is 10.3. The molecular formula is C8H10F5N5O. The SMILES string of the molecule is NNc1nc(NCC(F)(F)CO)cc(C(F)(F)F)n1. The van der Waals surface area contributed by atoms with Gasteiger partial charge < -0.3 is 10.4 Å². The van der Waals surface area contributed by atoms with Crippen molar-refractivity contribution in [2.75, 3.05) is 23.9 Å². The quantitative estimate of drug-likeness (QED) is 0.364. The molecule has 0 bridgehead atoms. The smallest absolute Gasteiger partial charge is 0.390 e. The van der Waals surface area contributed by atoms with E-state index >= 15 is 0 Å². The second-order valence-electron chi connectivity index (χ2n) is 3.47. The van der Waals surface area contributed by atoms with Crippen LogP contribution in [0.5, 0.6) is 0 Å². The lowest BCUT2D eigenvalue weighted by molar-refractivity contribution is -0.141. The summed E-state index contributed by atoms with van der Waals surface area (Å²) in [6.07, 6.45) is -4.77. The molecule has 0 aliphatic heterocycles. The Balaban J connectivity index is 2.95. The molecule has 1 aromatic heterocycles. The van der Waals surface area contributed by atoms with Gasteiger partial charge in [-0.2, -0.15) is 18.2 Å². The fraction of sp³-hybridized carbons (Fsp3) is 0.500. The summed E-state index contributed by atoms with van der Waals surface area (Å²) >= 11 is 0. The Kier molecular flexibility index (Phi) is 4.42. The monoisotopic (exact) mass is 287 g/mol. The highest BCUT2D eigenvalue weighted by Crippen LogP contribution is 2.29. The maximum Gasteiger partial charge on any atom is 0.433 e. The van der Waals surface area contributed by atoms with Crippen molar-refractivity contribution in [2.45, 2.75) is 12.1 Å². The molecule has 1 rings (SSSR count). The summed E-state index contributed by atoms with van der Waals surface area (Å²) in [6.45, 7) is -2.53. The van der Waals surface area contributed by atoms with Crippen LogP contribution in [-0.4, -0.2) is 34.1 Å². The summed E-state index contributed by atoms with van der Waals surface area (Å²) in [6, 6.07) is 0.453. The Bertz CT molecular complexity index is 438. The first-order valence-corrected chi connectivity index (χ1v) is 4.83. The summed E-state index contributed by atoms with van der Waals surface area (Å²) in [7, 11) is 0. The Morgan fingerprint density at radius 2 is 1.84 bits per heavy atom. The van der Waals surface area contributed by atoms with Gasteiger partial charge in [-0.25, -0.2) is 19.6 Å². The van der Waals surface area contributed by atoms with E-state index in [9.17, 15) is 22.0 Å². The van der Waals surface area contributed by atoms with Gasteiger partial charge in [0.05, 0.1) is 6.54 Å². The van der Waals surface area contributed by atoms with E-state index < -0.39 is 42.7 Å². The Morgan fingerprint density at radius 1 is 1.21 bits per heavy atom. The maximum atomic E-state index is 12.7. The number of nitrogens with zero attached hydrogens (tertiary/aromatic N) is 2. The molecule has 0 unspecified atom stereocenters. The number of aliphatic hydroxyl groups excluding tert-OH is 1. The van der Waals surface area contributed by atoms with Crippen LogP contribution in [0.25, 0.3) is 0 Å². The minimum Gasteiger partial charge on any atom is -0.390 e. The number of anilines is 2. The van der Waals surface area contributed by atoms with Gasteiger partial charge in [-0.1, -0.05) is 0 Å². The largest absolute Gasteiger partial charge is 0.433 e. The van der Waals surface area contributed by atoms with Crippen molar-refractivity contribution in [1.29, 1.82) is 0 Å². The van der Waals surface area contributed by atoms with E-state index in [2.05, 4.69) is 9.97 Å². The van der Waals surface area contributed by atoms with Crippen LogP contribution in [0, 0.1) is 0 Å². The van der Waals surface area contributed by atoms with Gasteiger partial charge in [0.15, 0.2) is 5.69 Å². The van der Waals surface area contributed by atoms with E-state index in [4.69, 9.17) is 10.9 Å². The van der Waals surface area contributed by atoms with Crippen LogP contribution in [0.15, 0.2) is 6.07 Å². The molecule has 6 nitrogen and oxygen atoms in total. The van der Waals surface area contributed by atoms with Crippen LogP contribution in [0.1, 0.15) is 5.69 Å². The van der Waals surface area contributed by atoms with Gasteiger partial charge in [0.25, 0.3) is 5.92 Å². The number of aromatic nitrogens is 2. The number of hydrogen-bond donors (Lipinski definition) is 4. The number of alkyl halides is 5. The van der Waals surface area contributed by atoms with E-state index in [1.807, 2.05) is 5.32 Å². The van der Waals surface area contributed by atoms with E-state index in [0.29, 0.717) is 6.07 Å². The Hall–Kier alpha value is -1.75. The number of hydrazine groups is 1. The third-order valence-electron chi connectivity index (χ3n) is 1.91. The van der Waals surface area contributed by atoms with Gasteiger partial charge >= 0.3 is 6.18 Å². The van der Waals surface area contributed by atoms with Gasteiger partial charge in [0, 0.05) is 6.07 Å². The van der Waals surface area contributed by atoms with Crippen molar-refractivity contribution in [3.8, 4) is 0 Å². The zero-order valence-electron chi connectivity index (χ0n) is 9.30. The van der Waals surface area contributed by atoms with E-state index in [0.717, 1.165) is 0 Å². The van der Waals surface area contributed by atoms with Gasteiger partial charge in [0.2, 0.25) is 5.95 Å². The molecule has 0 aromatic carbocycles. The molecule has 0 aliphatic rings. The van der Waals surface area contributed by atoms with E-state index in [1.165, 1.54) is 0 Å². The van der Waals surface area contributed by atoms with Crippen LogP contribution < -0.4 is 16.6 Å². The molecule has 19 heavy (non-hydrogen) atoms. The second kappa shape index (κ2) is 5.48. The molecule has 108 valence electrons. The van der Waals surface area contributed by atoms with Gasteiger partial charge in [0.1, 0.15) is 12.4 Å². The number of aliphatic hydroxyl groups is 1. The van der Waals surface area contributed by atoms with Crippen molar-refractivity contribution >= 4 is 11.8 Å². The van der Waals surface area contributed by atoms with Gasteiger partial charge in [-0.15, -0.1) is 0 Å². The second-order valence-corrected chi connectivity index (χ2v) is 3.47. The molecule has 0 amide bonds. The molecular weight excluding hydrogens is 277 g/mol. The Morgan fingerprint density at radius 3 is 2.32 bits per heavy atom. The van der Waals surface area contributed by atoms with Crippen LogP contribution in [-0.2, 0) is 6.18 Å². The summed E-state index contributed by atoms with van der Waals surface area (Å²) < 4.78 is 62.8. The fourth-order valence-electron chi connectivity index (χ4n) is 1.02. The zero-order chi connectivity index (χ0) is 14.7. The first kappa shape index (κ1) is 15.3. The maximum absolute atomic E-state index is 12.7. The van der Waals surface area contributed by atoms with Crippen molar-refractivity contribution < 1.29 is 27.1 Å². The minimum atomic E-state index is -4.77. The molecule has 1 aromatic rings. The highest BCUT2D eigenvalue weighted by molar-refractivity contribution is 5.42. The number of nitrogen functional groups attached to an aromatic ring is 1. The fourth-order valence-corrected chi connectivity index (χ4v) is 1.02. The third kappa shape index (κ3) is 4.44. The molecule has 0 fully saturated rings. The van der Waals surface area contributed by atoms with E-state index in [1.54, 1.807) is 5.43 Å². The van der Waals surface area contributed by atoms with Gasteiger partial charge in [-0.3, -0.25) is 5.43 Å². The predicted octanol–water partition coefficient (Wildman–Crippen LogP) is 0.820. The average molecular weight is 287 g/mol. The zero-order valence-corrected chi connectivity index (χ0v) is 9.30. The number of nitrogens with two attached hydrogens (primary N) is 1. The predicted molar refractivity (Wildman–Crippen MR) is 55.4 cm³/mol. The Labute approximate surface area is 103 Å². The molecule has 1 heterocycles. The average Bonchev–Trinajstić information content (AvgIpc) is 2.35. The molecule has 0 radical (unpaired) electrons. The van der Waals surface area contributed by atoms with Crippen LogP contribution >= 0.6 is 0 Å². The van der Waals surface area contributed by atoms with Crippen molar-refractivity contribution in [3.05, 3.63) is 11.8 Å². The van der Waals surface area contributed by atoms with Crippen molar-refractivity contribution in [2.24, 2.45) is 5.84 Å². The molecule has 0 spiro atoms. The van der Waals surface area contributed by atoms with Crippen LogP contribution in [0.2, 0.25) is 0 Å². The molecule has 0 saturated heterocycles. The molecule has 0 saturated carbocycles. The summed E-state index contributed by atoms with van der Waals surface area (Å²) in [4.78, 5) is 6.47. The number of halogens is 5. The standard InChI is InChI=1S/C8H10F5N5O/c9-7(10,3-19)2-15-5-1-4(8(11,12)13)16-6(17-5)18-14/h1,19H,2-3,14H2,(H2,15,16,17,18). The topological polar surface area (TPSA) is 96.1 Å². The lowest BCUT2D eigenvalue weighted by Gasteiger charge is -2.15. The van der Waals surface area contributed by atoms with Crippen molar-refractivity contribution in [1.82, 2.24) is 9.97 Å². The molecule has 5 N–H and O–H groups in total. The molecule has 0 atom stereocenters.